The summed E-state index contributed by atoms with van der Waals surface area (Å²) < 4.78 is 78.6. The van der Waals surface area contributed by atoms with E-state index in [1.165, 1.54) is 47.2 Å². The molecule has 1 aliphatic rings. The Morgan fingerprint density at radius 1 is 0.930 bits per heavy atom. The van der Waals surface area contributed by atoms with E-state index in [9.17, 15) is 21.2 Å². The normalized spacial score (nSPS) is 13.1. The molecule has 0 amide bonds. The van der Waals surface area contributed by atoms with Crippen LogP contribution in [0.2, 0.25) is 4.34 Å². The summed E-state index contributed by atoms with van der Waals surface area (Å²) in [4.78, 5) is 4.83. The lowest BCUT2D eigenvalue weighted by Crippen LogP contribution is -2.20. The van der Waals surface area contributed by atoms with Gasteiger partial charge in [-0.05, 0) is 62.7 Å². The first kappa shape index (κ1) is 34.3. The summed E-state index contributed by atoms with van der Waals surface area (Å²) in [5, 5.41) is 3.27. The van der Waals surface area contributed by atoms with E-state index in [4.69, 9.17) is 25.4 Å². The molecule has 0 spiro atoms. The first-order chi connectivity index (χ1) is 20.2. The third-order valence-electron chi connectivity index (χ3n) is 5.83. The lowest BCUT2D eigenvalue weighted by molar-refractivity contribution is 0.292. The lowest BCUT2D eigenvalue weighted by atomic mass is 10.1. The number of nitrogens with zero attached hydrogens (tertiary/aromatic N) is 1. The Labute approximate surface area is 259 Å². The average Bonchev–Trinajstić information content (AvgIpc) is 3.29. The summed E-state index contributed by atoms with van der Waals surface area (Å²) in [5.41, 5.74) is 4.04. The maximum Gasteiger partial charge on any atom is 0.294 e. The third kappa shape index (κ3) is 11.4. The molecule has 1 aliphatic heterocycles. The van der Waals surface area contributed by atoms with Crippen molar-refractivity contribution in [3.63, 3.8) is 0 Å². The van der Waals surface area contributed by atoms with Gasteiger partial charge < -0.3 is 10.1 Å². The van der Waals surface area contributed by atoms with E-state index in [0.717, 1.165) is 36.3 Å². The van der Waals surface area contributed by atoms with Gasteiger partial charge in [-0.15, -0.1) is 11.3 Å². The van der Waals surface area contributed by atoms with Crippen LogP contribution < -0.4 is 10.1 Å². The van der Waals surface area contributed by atoms with Crippen LogP contribution in [0.15, 0.2) is 88.7 Å². The average molecular weight is 669 g/mol. The van der Waals surface area contributed by atoms with Crippen molar-refractivity contribution in [2.75, 3.05) is 13.1 Å². The predicted octanol–water partition coefficient (Wildman–Crippen LogP) is 6.37. The van der Waals surface area contributed by atoms with Gasteiger partial charge in [-0.2, -0.15) is 16.8 Å². The van der Waals surface area contributed by atoms with Gasteiger partial charge >= 0.3 is 0 Å². The molecule has 2 aromatic carbocycles. The number of aromatic nitrogens is 1. The van der Waals surface area contributed by atoms with E-state index in [2.05, 4.69) is 16.4 Å². The maximum absolute atomic E-state index is 13.5. The molecule has 0 saturated carbocycles. The molecule has 2 aromatic heterocycles. The second-order valence-corrected chi connectivity index (χ2v) is 13.8. The fourth-order valence-corrected chi connectivity index (χ4v) is 5.57. The van der Waals surface area contributed by atoms with Crippen molar-refractivity contribution in [2.24, 2.45) is 0 Å². The Morgan fingerprint density at radius 3 is 1.93 bits per heavy atom. The molecule has 230 valence electrons. The zero-order valence-corrected chi connectivity index (χ0v) is 26.4. The van der Waals surface area contributed by atoms with E-state index < -0.39 is 20.2 Å². The van der Waals surface area contributed by atoms with Gasteiger partial charge in [0.25, 0.3) is 20.2 Å². The van der Waals surface area contributed by atoms with Crippen LogP contribution in [0.1, 0.15) is 28.1 Å². The van der Waals surface area contributed by atoms with Gasteiger partial charge in [0.1, 0.15) is 12.4 Å². The molecule has 0 fully saturated rings. The second kappa shape index (κ2) is 15.5. The van der Waals surface area contributed by atoms with Crippen molar-refractivity contribution in [2.45, 2.75) is 36.7 Å². The Hall–Kier alpha value is -3.17. The monoisotopic (exact) mass is 668 g/mol. The van der Waals surface area contributed by atoms with E-state index in [1.807, 2.05) is 26.0 Å². The highest BCUT2D eigenvalue weighted by atomic mass is 35.5. The van der Waals surface area contributed by atoms with E-state index >= 15 is 0 Å². The molecule has 0 aliphatic carbocycles. The van der Waals surface area contributed by atoms with Crippen LogP contribution in [0, 0.1) is 19.7 Å². The van der Waals surface area contributed by atoms with Crippen LogP contribution in [-0.2, 0) is 26.8 Å². The molecule has 3 heterocycles. The van der Waals surface area contributed by atoms with Gasteiger partial charge in [0, 0.05) is 18.7 Å². The van der Waals surface area contributed by atoms with Crippen LogP contribution in [-0.4, -0.2) is 44.0 Å². The van der Waals surface area contributed by atoms with Crippen LogP contribution in [0.5, 0.6) is 5.88 Å². The van der Waals surface area contributed by atoms with Crippen LogP contribution in [0.25, 0.3) is 5.57 Å². The quantitative estimate of drug-likeness (QED) is 0.200. The number of ether oxygens (including phenoxy) is 1. The summed E-state index contributed by atoms with van der Waals surface area (Å²) in [6.45, 7) is 5.64. The Kier molecular flexibility index (Phi) is 12.4. The van der Waals surface area contributed by atoms with E-state index in [-0.39, 0.29) is 22.2 Å². The molecule has 0 radical (unpaired) electrons. The minimum absolute atomic E-state index is 0.0666. The van der Waals surface area contributed by atoms with E-state index in [0.29, 0.717) is 15.1 Å². The summed E-state index contributed by atoms with van der Waals surface area (Å²) >= 11 is 6.95. The first-order valence-electron chi connectivity index (χ1n) is 12.7. The minimum atomic E-state index is -4.02. The number of nitrogens with one attached hydrogen (secondary N) is 1. The molecule has 14 heteroatoms. The number of rotatable bonds is 6. The highest BCUT2D eigenvalue weighted by Gasteiger charge is 2.11. The third-order valence-corrected chi connectivity index (χ3v) is 8.78. The standard InChI is InChI=1S/C15H14ClFN2OS.2C7H8O3S/c16-14-8-11(17)13(21-14)9-20-15-3-1-2-12(19-15)10-4-6-18-7-5-10;2*1-6-2-4-7(5-3-6)11(8,9)10/h1-4,8,18H,5-7,9H2;2*2-5H,1H3,(H,8,9,10). The fourth-order valence-electron chi connectivity index (χ4n) is 3.56. The molecule has 0 unspecified atom stereocenters. The molecule has 0 saturated heterocycles. The number of hydrogen-bond acceptors (Lipinski definition) is 8. The van der Waals surface area contributed by atoms with Crippen molar-refractivity contribution in [3.8, 4) is 5.88 Å². The van der Waals surface area contributed by atoms with Crippen molar-refractivity contribution in [1.29, 1.82) is 0 Å². The Morgan fingerprint density at radius 2 is 1.49 bits per heavy atom. The molecule has 4 aromatic rings. The molecule has 9 nitrogen and oxygen atoms in total. The Bertz CT molecular complexity index is 1690. The number of halogens is 2. The molecule has 5 rings (SSSR count). The topological polar surface area (TPSA) is 143 Å². The van der Waals surface area contributed by atoms with Gasteiger partial charge in [-0.3, -0.25) is 9.11 Å². The molecule has 0 atom stereocenters. The van der Waals surface area contributed by atoms with Gasteiger partial charge in [-0.25, -0.2) is 9.37 Å². The predicted molar refractivity (Wildman–Crippen MR) is 165 cm³/mol. The van der Waals surface area contributed by atoms with Crippen molar-refractivity contribution >= 4 is 48.7 Å². The molecule has 0 bridgehead atoms. The molecule has 3 N–H and O–H groups in total. The van der Waals surface area contributed by atoms with Crippen molar-refractivity contribution in [1.82, 2.24) is 10.3 Å². The zero-order chi connectivity index (χ0) is 31.6. The molecular weight excluding hydrogens is 639 g/mol. The minimum Gasteiger partial charge on any atom is -0.472 e. The zero-order valence-electron chi connectivity index (χ0n) is 23.2. The summed E-state index contributed by atoms with van der Waals surface area (Å²) in [7, 11) is -8.04. The summed E-state index contributed by atoms with van der Waals surface area (Å²) in [5.74, 6) is 0.165. The molecule has 43 heavy (non-hydrogen) atoms. The fraction of sp³-hybridized carbons (Fsp3) is 0.207. The van der Waals surface area contributed by atoms with Crippen LogP contribution >= 0.6 is 22.9 Å². The summed E-state index contributed by atoms with van der Waals surface area (Å²) in [6, 6.07) is 18.9. The van der Waals surface area contributed by atoms with Crippen LogP contribution in [0.3, 0.4) is 0 Å². The molecular formula is C29H30ClFN2O7S3. The van der Waals surface area contributed by atoms with Gasteiger partial charge in [-0.1, -0.05) is 59.1 Å². The Balaban J connectivity index is 0.000000195. The first-order valence-corrected chi connectivity index (χ1v) is 16.8. The van der Waals surface area contributed by atoms with E-state index in [1.54, 1.807) is 30.3 Å². The highest BCUT2D eigenvalue weighted by molar-refractivity contribution is 7.86. The van der Waals surface area contributed by atoms with Gasteiger partial charge in [0.15, 0.2) is 0 Å². The smallest absolute Gasteiger partial charge is 0.294 e. The largest absolute Gasteiger partial charge is 0.472 e. The number of pyridine rings is 1. The highest BCUT2D eigenvalue weighted by Crippen LogP contribution is 2.27. The number of hydrogen-bond donors (Lipinski definition) is 3. The van der Waals surface area contributed by atoms with Crippen molar-refractivity contribution in [3.05, 3.63) is 111 Å². The van der Waals surface area contributed by atoms with Crippen molar-refractivity contribution < 1.29 is 35.1 Å². The van der Waals surface area contributed by atoms with Gasteiger partial charge in [0.05, 0.1) is 24.7 Å². The number of thiophene rings is 1. The lowest BCUT2D eigenvalue weighted by Gasteiger charge is -2.14. The number of aryl methyl sites for hydroxylation is 2. The SMILES string of the molecule is Cc1ccc(S(=O)(=O)O)cc1.Cc1ccc(S(=O)(=O)O)cc1.Fc1cc(Cl)sc1COc1cccc(C2=CCNCC2)n1. The maximum atomic E-state index is 13.5. The summed E-state index contributed by atoms with van der Waals surface area (Å²) in [6.07, 6.45) is 3.08. The second-order valence-electron chi connectivity index (χ2n) is 9.23. The number of benzene rings is 2. The van der Waals surface area contributed by atoms with Gasteiger partial charge in [0.2, 0.25) is 5.88 Å². The van der Waals surface area contributed by atoms with Crippen LogP contribution in [0.4, 0.5) is 4.39 Å².